The van der Waals surface area contributed by atoms with Crippen LogP contribution < -0.4 is 0 Å². The van der Waals surface area contributed by atoms with Crippen LogP contribution >= 0.6 is 0 Å². The molecule has 0 aromatic heterocycles. The molecule has 0 rings (SSSR count). The van der Waals surface area contributed by atoms with Gasteiger partial charge in [-0.25, -0.2) is 0 Å². The average Bonchev–Trinajstić information content (AvgIpc) is 0. The molecule has 0 heterocycles. The SMILES string of the molecule is [Mo].[Mo].[Mo].[O-2].[O-2].[O-2].[O-2].[O-2].[O-2].[O-2].[O-2].[O-2]. The molecule has 0 atom stereocenters. The first-order valence-corrected chi connectivity index (χ1v) is 0. The molecule has 0 aromatic rings. The second-order valence-electron chi connectivity index (χ2n) is 0. The van der Waals surface area contributed by atoms with Gasteiger partial charge in [-0.15, -0.1) is 0 Å². The molecule has 0 spiro atoms. The van der Waals surface area contributed by atoms with Crippen molar-refractivity contribution in [2.24, 2.45) is 0 Å². The molecular formula is Mo3O9-18. The third kappa shape index (κ3) is 461. The van der Waals surface area contributed by atoms with Gasteiger partial charge in [0.25, 0.3) is 0 Å². The summed E-state index contributed by atoms with van der Waals surface area (Å²) < 4.78 is 0. The van der Waals surface area contributed by atoms with Gasteiger partial charge in [-0.3, -0.25) is 0 Å². The summed E-state index contributed by atoms with van der Waals surface area (Å²) in [5, 5.41) is 0. The fourth-order valence-electron chi connectivity index (χ4n) is 0. The standard InChI is InChI=1S/3Mo.9O/q;;;9*-2. The molecule has 0 aliphatic heterocycles. The molecule has 0 aliphatic rings. The van der Waals surface area contributed by atoms with Gasteiger partial charge in [0, 0.05) is 63.2 Å². The molecule has 0 aliphatic carbocycles. The van der Waals surface area contributed by atoms with E-state index >= 15 is 0 Å². The summed E-state index contributed by atoms with van der Waals surface area (Å²) >= 11 is 0. The summed E-state index contributed by atoms with van der Waals surface area (Å²) in [4.78, 5) is 0. The quantitative estimate of drug-likeness (QED) is 0.414. The third-order valence-electron chi connectivity index (χ3n) is 0. The van der Waals surface area contributed by atoms with E-state index in [0.29, 0.717) is 0 Å². The van der Waals surface area contributed by atoms with Crippen LogP contribution in [0.5, 0.6) is 0 Å². The molecule has 0 fully saturated rings. The third-order valence-corrected chi connectivity index (χ3v) is 0. The van der Waals surface area contributed by atoms with Crippen molar-refractivity contribution in [2.45, 2.75) is 0 Å². The van der Waals surface area contributed by atoms with Crippen LogP contribution in [0.1, 0.15) is 0 Å². The van der Waals surface area contributed by atoms with Crippen LogP contribution in [0, 0.1) is 0 Å². The maximum atomic E-state index is 0. The second-order valence-corrected chi connectivity index (χ2v) is 0. The van der Waals surface area contributed by atoms with Crippen molar-refractivity contribution in [3.05, 3.63) is 0 Å². The zero-order valence-corrected chi connectivity index (χ0v) is 10.9. The van der Waals surface area contributed by atoms with Gasteiger partial charge in [-0.2, -0.15) is 0 Å². The van der Waals surface area contributed by atoms with Crippen molar-refractivity contribution in [1.82, 2.24) is 0 Å². The van der Waals surface area contributed by atoms with E-state index < -0.39 is 0 Å². The molecular weight excluding hydrogens is 432 g/mol. The van der Waals surface area contributed by atoms with Crippen LogP contribution in [0.3, 0.4) is 0 Å². The Morgan fingerprint density at radius 2 is 0.167 bits per heavy atom. The van der Waals surface area contributed by atoms with Crippen LogP contribution in [0.2, 0.25) is 0 Å². The van der Waals surface area contributed by atoms with E-state index in [9.17, 15) is 0 Å². The zero-order valence-electron chi connectivity index (χ0n) is 4.90. The first-order valence-electron chi connectivity index (χ1n) is 0. The summed E-state index contributed by atoms with van der Waals surface area (Å²) in [6.07, 6.45) is 0. The molecule has 0 aromatic carbocycles. The van der Waals surface area contributed by atoms with Crippen molar-refractivity contribution < 1.29 is 112 Å². The first-order chi connectivity index (χ1) is 0. The van der Waals surface area contributed by atoms with Gasteiger partial charge in [0.2, 0.25) is 0 Å². The Morgan fingerprint density at radius 3 is 0.167 bits per heavy atom. The Hall–Kier alpha value is 1.70. The minimum atomic E-state index is 0. The van der Waals surface area contributed by atoms with Crippen LogP contribution in [-0.4, -0.2) is 0 Å². The Morgan fingerprint density at radius 1 is 0.167 bits per heavy atom. The first kappa shape index (κ1) is 761. The molecule has 0 amide bonds. The van der Waals surface area contributed by atoms with Crippen molar-refractivity contribution in [2.75, 3.05) is 0 Å². The van der Waals surface area contributed by atoms with Crippen molar-refractivity contribution >= 4 is 0 Å². The van der Waals surface area contributed by atoms with E-state index in [2.05, 4.69) is 0 Å². The maximum absolute atomic E-state index is 0. The van der Waals surface area contributed by atoms with E-state index in [0.717, 1.165) is 0 Å². The van der Waals surface area contributed by atoms with Gasteiger partial charge in [0.05, 0.1) is 0 Å². The zero-order chi connectivity index (χ0) is 0. The summed E-state index contributed by atoms with van der Waals surface area (Å²) in [5.74, 6) is 0. The van der Waals surface area contributed by atoms with E-state index in [1.165, 1.54) is 0 Å². The van der Waals surface area contributed by atoms with Gasteiger partial charge < -0.3 is 49.3 Å². The van der Waals surface area contributed by atoms with Crippen molar-refractivity contribution in [3.63, 3.8) is 0 Å². The molecule has 0 unspecified atom stereocenters. The molecule has 9 nitrogen and oxygen atoms in total. The average molecular weight is 432 g/mol. The van der Waals surface area contributed by atoms with Crippen LogP contribution in [0.15, 0.2) is 0 Å². The van der Waals surface area contributed by atoms with Gasteiger partial charge >= 0.3 is 0 Å². The minimum absolute atomic E-state index is 0. The maximum Gasteiger partial charge on any atom is 0 e. The van der Waals surface area contributed by atoms with Crippen molar-refractivity contribution in [3.8, 4) is 0 Å². The summed E-state index contributed by atoms with van der Waals surface area (Å²) in [7, 11) is 0. The van der Waals surface area contributed by atoms with Crippen LogP contribution in [0.25, 0.3) is 0 Å². The van der Waals surface area contributed by atoms with Crippen molar-refractivity contribution in [1.29, 1.82) is 0 Å². The van der Waals surface area contributed by atoms with E-state index in [1.54, 1.807) is 0 Å². The Bertz CT molecular complexity index is 9.74. The van der Waals surface area contributed by atoms with E-state index in [1.807, 2.05) is 0 Å². The predicted octanol–water partition coefficient (Wildman–Crippen LogP) is -1.08. The number of hydrogen-bond donors (Lipinski definition) is 0. The van der Waals surface area contributed by atoms with Gasteiger partial charge in [0.15, 0.2) is 0 Å². The number of hydrogen-bond acceptors (Lipinski definition) is 0. The Labute approximate surface area is 112 Å². The molecule has 0 bridgehead atoms. The largest absolute Gasteiger partial charge is 2.00 e. The molecule has 90 valence electrons. The summed E-state index contributed by atoms with van der Waals surface area (Å²) in [5.41, 5.74) is 0. The second kappa shape index (κ2) is 599. The fraction of sp³-hybridized carbons (Fsp3) is 0. The van der Waals surface area contributed by atoms with Gasteiger partial charge in [-0.05, 0) is 0 Å². The molecule has 0 radical (unpaired) electrons. The van der Waals surface area contributed by atoms with E-state index in [4.69, 9.17) is 0 Å². The molecule has 0 saturated carbocycles. The molecule has 0 N–H and O–H groups in total. The normalized spacial score (nSPS) is 0. The van der Waals surface area contributed by atoms with Gasteiger partial charge in [-0.1, -0.05) is 0 Å². The fourth-order valence-corrected chi connectivity index (χ4v) is 0. The predicted molar refractivity (Wildman–Crippen MR) is 6.18 cm³/mol. The van der Waals surface area contributed by atoms with Crippen LogP contribution in [0.4, 0.5) is 0 Å². The van der Waals surface area contributed by atoms with E-state index in [-0.39, 0.29) is 112 Å². The monoisotopic (exact) mass is 438 g/mol. The van der Waals surface area contributed by atoms with Gasteiger partial charge in [0.1, 0.15) is 0 Å². The topological polar surface area (TPSA) is 256 Å². The Kier molecular flexibility index (Phi) is 38000. The van der Waals surface area contributed by atoms with Crippen LogP contribution in [-0.2, 0) is 112 Å². The number of rotatable bonds is 0. The smallest absolute Gasteiger partial charge is 0 e. The molecule has 12 heteroatoms. The summed E-state index contributed by atoms with van der Waals surface area (Å²) in [6, 6.07) is 0. The minimum Gasteiger partial charge on any atom is -2.00 e. The molecule has 12 heavy (non-hydrogen) atoms. The summed E-state index contributed by atoms with van der Waals surface area (Å²) in [6.45, 7) is 0. The molecule has 0 saturated heterocycles. The Balaban J connectivity index is 0.